The maximum Gasteiger partial charge on any atom is 0.286 e. The number of aromatic nitrogens is 4. The molecule has 9 nitrogen and oxygen atoms in total. The predicted molar refractivity (Wildman–Crippen MR) is 143 cm³/mol. The molecule has 0 aliphatic carbocycles. The van der Waals surface area contributed by atoms with Crippen molar-refractivity contribution in [1.82, 2.24) is 25.1 Å². The Morgan fingerprint density at radius 3 is 2.36 bits per heavy atom. The largest absolute Gasteiger partial charge is 0.417 e. The van der Waals surface area contributed by atoms with E-state index in [4.69, 9.17) is 4.42 Å². The number of aryl methyl sites for hydroxylation is 1. The number of hydrogen-bond acceptors (Lipinski definition) is 7. The lowest BCUT2D eigenvalue weighted by atomic mass is 9.84. The number of rotatable bonds is 9. The van der Waals surface area contributed by atoms with Gasteiger partial charge in [0.15, 0.2) is 0 Å². The molecule has 0 saturated heterocycles. The van der Waals surface area contributed by atoms with E-state index >= 15 is 0 Å². The standard InChI is InChI=1S/C29H30FN5O4/c1-17(2)24(25(38)27-33-34-28(39-27)29(4,5)20-11-13-21(30)14-12-20)32-22(36)16-35-23(37)15-18(3)31-26(35)19-9-7-6-8-10-19/h6-15,17,24H,16H2,1-5H3,(H,32,36)/t24-/m0/s1. The fraction of sp³-hybridized carbons (Fsp3) is 0.310. The van der Waals surface area contributed by atoms with Gasteiger partial charge in [-0.25, -0.2) is 9.37 Å². The second-order valence-corrected chi connectivity index (χ2v) is 10.2. The Labute approximate surface area is 225 Å². The second-order valence-electron chi connectivity index (χ2n) is 10.2. The van der Waals surface area contributed by atoms with E-state index in [-0.39, 0.29) is 35.6 Å². The first kappa shape index (κ1) is 27.6. The van der Waals surface area contributed by atoms with Crippen molar-refractivity contribution in [2.75, 3.05) is 0 Å². The lowest BCUT2D eigenvalue weighted by Gasteiger charge is -2.21. The zero-order chi connectivity index (χ0) is 28.3. The first-order valence-corrected chi connectivity index (χ1v) is 12.5. The van der Waals surface area contributed by atoms with Gasteiger partial charge in [-0.1, -0.05) is 56.3 Å². The number of amides is 1. The van der Waals surface area contributed by atoms with Crippen LogP contribution in [0.2, 0.25) is 0 Å². The number of nitrogens with one attached hydrogen (secondary N) is 1. The van der Waals surface area contributed by atoms with Gasteiger partial charge in [0, 0.05) is 17.3 Å². The highest BCUT2D eigenvalue weighted by Gasteiger charge is 2.34. The second kappa shape index (κ2) is 11.1. The van der Waals surface area contributed by atoms with Crippen molar-refractivity contribution < 1.29 is 18.4 Å². The highest BCUT2D eigenvalue weighted by atomic mass is 19.1. The first-order valence-electron chi connectivity index (χ1n) is 12.5. The van der Waals surface area contributed by atoms with Gasteiger partial charge in [0.05, 0.1) is 11.5 Å². The number of halogens is 1. The molecule has 0 fully saturated rings. The number of ketones is 1. The molecule has 0 radical (unpaired) electrons. The van der Waals surface area contributed by atoms with Crippen LogP contribution in [0.25, 0.3) is 11.4 Å². The van der Waals surface area contributed by atoms with Gasteiger partial charge in [-0.05, 0) is 44.4 Å². The van der Waals surface area contributed by atoms with Crippen LogP contribution in [0, 0.1) is 18.7 Å². The van der Waals surface area contributed by atoms with Crippen LogP contribution in [0.1, 0.15) is 55.5 Å². The molecule has 4 aromatic rings. The third-order valence-corrected chi connectivity index (χ3v) is 6.47. The fourth-order valence-corrected chi connectivity index (χ4v) is 4.18. The van der Waals surface area contributed by atoms with Crippen molar-refractivity contribution in [3.63, 3.8) is 0 Å². The molecule has 1 amide bonds. The Kier molecular flexibility index (Phi) is 7.85. The molecule has 1 atom stereocenters. The van der Waals surface area contributed by atoms with Crippen LogP contribution in [-0.2, 0) is 16.8 Å². The highest BCUT2D eigenvalue weighted by molar-refractivity contribution is 5.98. The van der Waals surface area contributed by atoms with Gasteiger partial charge >= 0.3 is 0 Å². The van der Waals surface area contributed by atoms with E-state index < -0.39 is 23.1 Å². The van der Waals surface area contributed by atoms with Crippen LogP contribution in [0.3, 0.4) is 0 Å². The molecule has 10 heteroatoms. The van der Waals surface area contributed by atoms with Crippen LogP contribution >= 0.6 is 0 Å². The number of hydrogen-bond donors (Lipinski definition) is 1. The fourth-order valence-electron chi connectivity index (χ4n) is 4.18. The molecular formula is C29H30FN5O4. The molecule has 0 unspecified atom stereocenters. The molecule has 2 aromatic carbocycles. The molecular weight excluding hydrogens is 501 g/mol. The number of carbonyl (C=O) groups excluding carboxylic acids is 2. The maximum atomic E-state index is 13.4. The highest BCUT2D eigenvalue weighted by Crippen LogP contribution is 2.31. The topological polar surface area (TPSA) is 120 Å². The van der Waals surface area contributed by atoms with Crippen molar-refractivity contribution in [2.24, 2.45) is 5.92 Å². The minimum atomic E-state index is -0.978. The van der Waals surface area contributed by atoms with Crippen molar-refractivity contribution in [3.8, 4) is 11.4 Å². The predicted octanol–water partition coefficient (Wildman–Crippen LogP) is 4.09. The molecule has 0 saturated carbocycles. The van der Waals surface area contributed by atoms with Crippen LogP contribution in [-0.4, -0.2) is 37.5 Å². The molecule has 0 aliphatic rings. The summed E-state index contributed by atoms with van der Waals surface area (Å²) in [4.78, 5) is 43.7. The summed E-state index contributed by atoms with van der Waals surface area (Å²) in [5.74, 6) is -1.50. The van der Waals surface area contributed by atoms with E-state index in [9.17, 15) is 18.8 Å². The summed E-state index contributed by atoms with van der Waals surface area (Å²) in [6.45, 7) is 8.57. The summed E-state index contributed by atoms with van der Waals surface area (Å²) in [6.07, 6.45) is 0. The number of nitrogens with zero attached hydrogens (tertiary/aromatic N) is 4. The van der Waals surface area contributed by atoms with E-state index in [2.05, 4.69) is 20.5 Å². The monoisotopic (exact) mass is 531 g/mol. The van der Waals surface area contributed by atoms with Crippen LogP contribution < -0.4 is 10.9 Å². The molecule has 1 N–H and O–H groups in total. The van der Waals surface area contributed by atoms with Crippen LogP contribution in [0.5, 0.6) is 0 Å². The average molecular weight is 532 g/mol. The van der Waals surface area contributed by atoms with E-state index in [1.54, 1.807) is 45.0 Å². The third kappa shape index (κ3) is 6.00. The quantitative estimate of drug-likeness (QED) is 0.323. The lowest BCUT2D eigenvalue weighted by molar-refractivity contribution is -0.122. The molecule has 0 spiro atoms. The zero-order valence-electron chi connectivity index (χ0n) is 22.4. The summed E-state index contributed by atoms with van der Waals surface area (Å²) in [5, 5.41) is 10.7. The SMILES string of the molecule is Cc1cc(=O)n(CC(=O)N[C@H](C(=O)c2nnc(C(C)(C)c3ccc(F)cc3)o2)C(C)C)c(-c2ccccc2)n1. The normalized spacial score (nSPS) is 12.4. The van der Waals surface area contributed by atoms with Gasteiger partial charge in [0.2, 0.25) is 17.6 Å². The van der Waals surface area contributed by atoms with Crippen molar-refractivity contribution >= 4 is 11.7 Å². The van der Waals surface area contributed by atoms with Gasteiger partial charge in [0.25, 0.3) is 11.4 Å². The Balaban J connectivity index is 1.55. The van der Waals surface area contributed by atoms with Gasteiger partial charge in [0.1, 0.15) is 18.2 Å². The van der Waals surface area contributed by atoms with Gasteiger partial charge in [-0.15, -0.1) is 10.2 Å². The zero-order valence-corrected chi connectivity index (χ0v) is 22.4. The molecule has 39 heavy (non-hydrogen) atoms. The average Bonchev–Trinajstić information content (AvgIpc) is 3.40. The first-order chi connectivity index (χ1) is 18.5. The van der Waals surface area contributed by atoms with E-state index in [0.717, 1.165) is 5.56 Å². The summed E-state index contributed by atoms with van der Waals surface area (Å²) in [6, 6.07) is 15.4. The van der Waals surface area contributed by atoms with Gasteiger partial charge < -0.3 is 9.73 Å². The maximum absolute atomic E-state index is 13.4. The number of Topliss-reactive ketones (excluding diaryl/α,β-unsaturated/α-hetero) is 1. The van der Waals surface area contributed by atoms with Crippen molar-refractivity contribution in [2.45, 2.75) is 52.6 Å². The Morgan fingerprint density at radius 1 is 1.05 bits per heavy atom. The van der Waals surface area contributed by atoms with Crippen LogP contribution in [0.4, 0.5) is 4.39 Å². The molecule has 202 valence electrons. The summed E-state index contributed by atoms with van der Waals surface area (Å²) >= 11 is 0. The van der Waals surface area contributed by atoms with E-state index in [1.165, 1.54) is 22.8 Å². The minimum absolute atomic E-state index is 0.177. The van der Waals surface area contributed by atoms with Crippen molar-refractivity contribution in [1.29, 1.82) is 0 Å². The Bertz CT molecular complexity index is 1540. The molecule has 2 heterocycles. The van der Waals surface area contributed by atoms with Gasteiger partial charge in [-0.3, -0.25) is 19.0 Å². The Hall–Kier alpha value is -4.47. The third-order valence-electron chi connectivity index (χ3n) is 6.47. The Morgan fingerprint density at radius 2 is 1.72 bits per heavy atom. The summed E-state index contributed by atoms with van der Waals surface area (Å²) < 4.78 is 20.4. The van der Waals surface area contributed by atoms with E-state index in [1.807, 2.05) is 32.0 Å². The van der Waals surface area contributed by atoms with E-state index in [0.29, 0.717) is 17.1 Å². The van der Waals surface area contributed by atoms with Gasteiger partial charge in [-0.2, -0.15) is 0 Å². The smallest absolute Gasteiger partial charge is 0.286 e. The molecule has 4 rings (SSSR count). The molecule has 0 bridgehead atoms. The summed E-state index contributed by atoms with van der Waals surface area (Å²) in [5.41, 5.74) is 0.773. The number of carbonyl (C=O) groups is 2. The van der Waals surface area contributed by atoms with Crippen molar-refractivity contribution in [3.05, 3.63) is 99.9 Å². The summed E-state index contributed by atoms with van der Waals surface area (Å²) in [7, 11) is 0. The molecule has 2 aromatic heterocycles. The molecule has 0 aliphatic heterocycles. The minimum Gasteiger partial charge on any atom is -0.417 e. The number of benzene rings is 2. The lowest BCUT2D eigenvalue weighted by Crippen LogP contribution is -2.46. The van der Waals surface area contributed by atoms with Crippen LogP contribution in [0.15, 0.2) is 69.9 Å².